The third-order valence-electron chi connectivity index (χ3n) is 2.65. The van der Waals surface area contributed by atoms with E-state index in [2.05, 4.69) is 0 Å². The largest absolute Gasteiger partial charge is 0.478 e. The quantitative estimate of drug-likeness (QED) is 0.837. The fraction of sp³-hybridized carbons (Fsp3) is 0.133. The molecule has 0 amide bonds. The van der Waals surface area contributed by atoms with Gasteiger partial charge in [-0.1, -0.05) is 36.4 Å². The molecule has 19 heavy (non-hydrogen) atoms. The Hall–Kier alpha value is -2.33. The predicted octanol–water partition coefficient (Wildman–Crippen LogP) is 3.11. The summed E-state index contributed by atoms with van der Waals surface area (Å²) in [6, 6.07) is 15.8. The van der Waals surface area contributed by atoms with E-state index in [-0.39, 0.29) is 5.56 Å². The predicted molar refractivity (Wildman–Crippen MR) is 70.2 cm³/mol. The van der Waals surface area contributed by atoms with Crippen LogP contribution in [0.5, 0.6) is 5.75 Å². The van der Waals surface area contributed by atoms with Gasteiger partial charge in [0.1, 0.15) is 5.75 Å². The number of carboxylic acid groups (broad SMARTS) is 1. The summed E-state index contributed by atoms with van der Waals surface area (Å²) >= 11 is 0. The van der Waals surface area contributed by atoms with Crippen molar-refractivity contribution in [2.45, 2.75) is 6.29 Å². The van der Waals surface area contributed by atoms with Gasteiger partial charge in [0.25, 0.3) is 0 Å². The molecule has 2 aromatic rings. The minimum atomic E-state index is -1.01. The molecule has 0 bridgehead atoms. The van der Waals surface area contributed by atoms with Crippen molar-refractivity contribution in [3.8, 4) is 5.75 Å². The highest BCUT2D eigenvalue weighted by Crippen LogP contribution is 2.25. The number of carbonyl (C=O) groups is 1. The van der Waals surface area contributed by atoms with Crippen LogP contribution in [0.2, 0.25) is 0 Å². The van der Waals surface area contributed by atoms with Crippen LogP contribution in [0.25, 0.3) is 0 Å². The Bertz CT molecular complexity index is 551. The molecule has 0 aromatic heterocycles. The van der Waals surface area contributed by atoms with Gasteiger partial charge >= 0.3 is 5.97 Å². The number of hydrogen-bond donors (Lipinski definition) is 1. The topological polar surface area (TPSA) is 55.8 Å². The van der Waals surface area contributed by atoms with Crippen molar-refractivity contribution in [1.82, 2.24) is 0 Å². The van der Waals surface area contributed by atoms with Crippen molar-refractivity contribution >= 4 is 5.97 Å². The molecule has 0 aliphatic heterocycles. The highest BCUT2D eigenvalue weighted by Gasteiger charge is 2.19. The molecule has 0 aliphatic rings. The molecule has 4 heteroatoms. The van der Waals surface area contributed by atoms with E-state index in [1.165, 1.54) is 13.2 Å². The number of aromatic carboxylic acids is 1. The second-order valence-electron chi connectivity index (χ2n) is 3.89. The minimum Gasteiger partial charge on any atom is -0.478 e. The second-order valence-corrected chi connectivity index (χ2v) is 3.89. The van der Waals surface area contributed by atoms with E-state index in [9.17, 15) is 4.79 Å². The van der Waals surface area contributed by atoms with Crippen LogP contribution in [0.3, 0.4) is 0 Å². The summed E-state index contributed by atoms with van der Waals surface area (Å²) in [5.41, 5.74) is 0.659. The summed E-state index contributed by atoms with van der Waals surface area (Å²) in [5, 5.41) is 9.17. The lowest BCUT2D eigenvalue weighted by molar-refractivity contribution is -0.0568. The van der Waals surface area contributed by atoms with Crippen LogP contribution in [-0.2, 0) is 4.74 Å². The van der Waals surface area contributed by atoms with Gasteiger partial charge < -0.3 is 14.6 Å². The lowest BCUT2D eigenvalue weighted by Crippen LogP contribution is -2.14. The van der Waals surface area contributed by atoms with Gasteiger partial charge in [-0.3, -0.25) is 0 Å². The van der Waals surface area contributed by atoms with Gasteiger partial charge in [0.15, 0.2) is 0 Å². The number of hydrogen-bond acceptors (Lipinski definition) is 3. The third-order valence-corrected chi connectivity index (χ3v) is 2.65. The second kappa shape index (κ2) is 6.02. The van der Waals surface area contributed by atoms with Gasteiger partial charge in [0.05, 0.1) is 5.56 Å². The van der Waals surface area contributed by atoms with Crippen molar-refractivity contribution in [1.29, 1.82) is 0 Å². The van der Waals surface area contributed by atoms with E-state index in [1.807, 2.05) is 18.2 Å². The zero-order valence-electron chi connectivity index (χ0n) is 10.4. The maximum absolute atomic E-state index is 11.2. The molecule has 2 rings (SSSR count). The Morgan fingerprint density at radius 2 is 1.68 bits per heavy atom. The molecule has 0 spiro atoms. The number of methoxy groups -OCH3 is 1. The molecule has 2 aromatic carbocycles. The first-order valence-corrected chi connectivity index (χ1v) is 5.79. The Morgan fingerprint density at radius 1 is 1.05 bits per heavy atom. The molecule has 0 radical (unpaired) electrons. The molecule has 98 valence electrons. The number of rotatable bonds is 5. The van der Waals surface area contributed by atoms with Gasteiger partial charge in [-0.05, 0) is 18.2 Å². The monoisotopic (exact) mass is 258 g/mol. The van der Waals surface area contributed by atoms with Crippen LogP contribution in [0.1, 0.15) is 22.2 Å². The van der Waals surface area contributed by atoms with Crippen molar-refractivity contribution in [3.05, 3.63) is 65.7 Å². The molecular formula is C15H14O4. The van der Waals surface area contributed by atoms with Crippen LogP contribution >= 0.6 is 0 Å². The summed E-state index contributed by atoms with van der Waals surface area (Å²) in [6.45, 7) is 0. The van der Waals surface area contributed by atoms with Gasteiger partial charge in [0, 0.05) is 12.7 Å². The van der Waals surface area contributed by atoms with Crippen LogP contribution in [0, 0.1) is 0 Å². The first-order valence-electron chi connectivity index (χ1n) is 5.79. The maximum atomic E-state index is 11.2. The minimum absolute atomic E-state index is 0.172. The Labute approximate surface area is 111 Å². The number of para-hydroxylation sites is 1. The normalized spacial score (nSPS) is 11.8. The smallest absolute Gasteiger partial charge is 0.336 e. The Kier molecular flexibility index (Phi) is 4.15. The Morgan fingerprint density at radius 3 is 2.32 bits per heavy atom. The highest BCUT2D eigenvalue weighted by molar-refractivity contribution is 5.89. The standard InChI is InChI=1S/C15H14O4/c1-18-15(19-11-7-3-2-4-8-11)13-10-6-5-9-12(13)14(16)17/h2-10,15H,1H3,(H,16,17). The van der Waals surface area contributed by atoms with E-state index in [0.29, 0.717) is 11.3 Å². The van der Waals surface area contributed by atoms with Crippen molar-refractivity contribution in [3.63, 3.8) is 0 Å². The molecule has 0 saturated heterocycles. The maximum Gasteiger partial charge on any atom is 0.336 e. The Balaban J connectivity index is 2.30. The molecule has 0 saturated carbocycles. The van der Waals surface area contributed by atoms with E-state index in [4.69, 9.17) is 14.6 Å². The van der Waals surface area contributed by atoms with Crippen LogP contribution in [0.4, 0.5) is 0 Å². The molecule has 1 N–H and O–H groups in total. The van der Waals surface area contributed by atoms with Crippen LogP contribution < -0.4 is 4.74 Å². The summed E-state index contributed by atoms with van der Waals surface area (Å²) in [5.74, 6) is -0.385. The van der Waals surface area contributed by atoms with Gasteiger partial charge in [-0.2, -0.15) is 0 Å². The van der Waals surface area contributed by atoms with E-state index in [1.54, 1.807) is 30.3 Å². The van der Waals surface area contributed by atoms with Crippen LogP contribution in [-0.4, -0.2) is 18.2 Å². The van der Waals surface area contributed by atoms with Crippen molar-refractivity contribution < 1.29 is 19.4 Å². The molecule has 0 aliphatic carbocycles. The van der Waals surface area contributed by atoms with Gasteiger partial charge in [0.2, 0.25) is 6.29 Å². The number of carboxylic acids is 1. The molecule has 4 nitrogen and oxygen atoms in total. The zero-order chi connectivity index (χ0) is 13.7. The van der Waals surface area contributed by atoms with Crippen molar-refractivity contribution in [2.24, 2.45) is 0 Å². The molecular weight excluding hydrogens is 244 g/mol. The molecule has 1 unspecified atom stereocenters. The lowest BCUT2D eigenvalue weighted by Gasteiger charge is -2.19. The highest BCUT2D eigenvalue weighted by atomic mass is 16.7. The fourth-order valence-electron chi connectivity index (χ4n) is 1.76. The van der Waals surface area contributed by atoms with Crippen molar-refractivity contribution in [2.75, 3.05) is 7.11 Å². The average Bonchev–Trinajstić information content (AvgIpc) is 2.46. The average molecular weight is 258 g/mol. The fourth-order valence-corrected chi connectivity index (χ4v) is 1.76. The van der Waals surface area contributed by atoms with Gasteiger partial charge in [-0.25, -0.2) is 4.79 Å². The lowest BCUT2D eigenvalue weighted by atomic mass is 10.1. The first-order chi connectivity index (χ1) is 9.22. The van der Waals surface area contributed by atoms with E-state index in [0.717, 1.165) is 0 Å². The first kappa shape index (κ1) is 13.1. The number of ether oxygens (including phenoxy) is 2. The summed E-state index contributed by atoms with van der Waals surface area (Å²) in [7, 11) is 1.48. The summed E-state index contributed by atoms with van der Waals surface area (Å²) in [4.78, 5) is 11.2. The number of benzene rings is 2. The zero-order valence-corrected chi connectivity index (χ0v) is 10.4. The van der Waals surface area contributed by atoms with Gasteiger partial charge in [-0.15, -0.1) is 0 Å². The van der Waals surface area contributed by atoms with Crippen LogP contribution in [0.15, 0.2) is 54.6 Å². The summed E-state index contributed by atoms with van der Waals surface area (Å²) < 4.78 is 10.9. The molecule has 0 fully saturated rings. The van der Waals surface area contributed by atoms with E-state index >= 15 is 0 Å². The molecule has 0 heterocycles. The molecule has 1 atom stereocenters. The summed E-state index contributed by atoms with van der Waals surface area (Å²) in [6.07, 6.45) is -0.755. The van der Waals surface area contributed by atoms with E-state index < -0.39 is 12.3 Å². The third kappa shape index (κ3) is 3.11. The SMILES string of the molecule is COC(Oc1ccccc1)c1ccccc1C(=O)O.